The van der Waals surface area contributed by atoms with Gasteiger partial charge < -0.3 is 15.9 Å². The Balaban J connectivity index is 2.53. The van der Waals surface area contributed by atoms with Crippen LogP contribution in [0.4, 0.5) is 11.4 Å². The summed E-state index contributed by atoms with van der Waals surface area (Å²) in [5, 5.41) is 28.1. The molecule has 0 atom stereocenters. The smallest absolute Gasteiger partial charge is 0.184 e. The molecule has 88 valence electrons. The number of nitrogens with two attached hydrogens (primary N) is 1. The lowest BCUT2D eigenvalue weighted by Gasteiger charge is -2.10. The van der Waals surface area contributed by atoms with Gasteiger partial charge in [0.25, 0.3) is 0 Å². The van der Waals surface area contributed by atoms with Crippen LogP contribution in [0.2, 0.25) is 0 Å². The Morgan fingerprint density at radius 1 is 0.882 bits per heavy atom. The summed E-state index contributed by atoms with van der Waals surface area (Å²) in [6.45, 7) is 0. The second-order valence-electron chi connectivity index (χ2n) is 3.59. The van der Waals surface area contributed by atoms with Crippen LogP contribution in [0.5, 0.6) is 11.5 Å². The lowest BCUT2D eigenvalue weighted by molar-refractivity contribution is 0.371. The van der Waals surface area contributed by atoms with Crippen molar-refractivity contribution in [1.82, 2.24) is 0 Å². The SMILES string of the molecule is Nc1ccc(-c2ccc(NO)c(O)c2O)cc1. The Morgan fingerprint density at radius 2 is 1.53 bits per heavy atom. The molecular weight excluding hydrogens is 220 g/mol. The molecule has 0 unspecified atom stereocenters. The van der Waals surface area contributed by atoms with Crippen molar-refractivity contribution in [3.63, 3.8) is 0 Å². The van der Waals surface area contributed by atoms with E-state index in [1.807, 2.05) is 0 Å². The van der Waals surface area contributed by atoms with Crippen molar-refractivity contribution in [2.24, 2.45) is 0 Å². The van der Waals surface area contributed by atoms with Gasteiger partial charge in [-0.25, -0.2) is 0 Å². The highest BCUT2D eigenvalue weighted by molar-refractivity contribution is 5.78. The number of nitrogen functional groups attached to an aromatic ring is 1. The fourth-order valence-electron chi connectivity index (χ4n) is 1.57. The maximum atomic E-state index is 9.80. The number of aromatic hydroxyl groups is 2. The minimum atomic E-state index is -0.401. The van der Waals surface area contributed by atoms with E-state index in [1.165, 1.54) is 6.07 Å². The number of hydrogen-bond donors (Lipinski definition) is 5. The van der Waals surface area contributed by atoms with Gasteiger partial charge in [-0.2, -0.15) is 0 Å². The van der Waals surface area contributed by atoms with Crippen LogP contribution in [0.25, 0.3) is 11.1 Å². The first kappa shape index (κ1) is 11.1. The highest BCUT2D eigenvalue weighted by Gasteiger charge is 2.12. The average molecular weight is 232 g/mol. The highest BCUT2D eigenvalue weighted by Crippen LogP contribution is 2.41. The van der Waals surface area contributed by atoms with E-state index in [0.717, 1.165) is 5.56 Å². The molecule has 0 amide bonds. The van der Waals surface area contributed by atoms with Gasteiger partial charge in [-0.3, -0.25) is 10.7 Å². The molecule has 5 nitrogen and oxygen atoms in total. The van der Waals surface area contributed by atoms with E-state index in [-0.39, 0.29) is 11.4 Å². The van der Waals surface area contributed by atoms with Gasteiger partial charge in [0.2, 0.25) is 0 Å². The Morgan fingerprint density at radius 3 is 2.12 bits per heavy atom. The fraction of sp³-hybridized carbons (Fsp3) is 0. The van der Waals surface area contributed by atoms with Crippen molar-refractivity contribution < 1.29 is 15.4 Å². The summed E-state index contributed by atoms with van der Waals surface area (Å²) in [4.78, 5) is 0. The molecule has 0 aliphatic rings. The summed E-state index contributed by atoms with van der Waals surface area (Å²) in [7, 11) is 0. The Hall–Kier alpha value is -2.40. The maximum Gasteiger partial charge on any atom is 0.184 e. The molecule has 0 fully saturated rings. The van der Waals surface area contributed by atoms with Gasteiger partial charge in [0.05, 0.1) is 0 Å². The van der Waals surface area contributed by atoms with E-state index in [0.29, 0.717) is 11.3 Å². The molecule has 0 saturated heterocycles. The summed E-state index contributed by atoms with van der Waals surface area (Å²) in [6.07, 6.45) is 0. The van der Waals surface area contributed by atoms with Gasteiger partial charge in [0.15, 0.2) is 11.5 Å². The van der Waals surface area contributed by atoms with E-state index >= 15 is 0 Å². The molecule has 0 aliphatic carbocycles. The third-order valence-corrected chi connectivity index (χ3v) is 2.49. The van der Waals surface area contributed by atoms with Crippen molar-refractivity contribution in [3.05, 3.63) is 36.4 Å². The average Bonchev–Trinajstić information content (AvgIpc) is 2.34. The van der Waals surface area contributed by atoms with Gasteiger partial charge in [-0.05, 0) is 29.8 Å². The zero-order chi connectivity index (χ0) is 12.4. The number of anilines is 2. The van der Waals surface area contributed by atoms with Crippen molar-refractivity contribution >= 4 is 11.4 Å². The summed E-state index contributed by atoms with van der Waals surface area (Å²) >= 11 is 0. The number of phenols is 2. The minimum Gasteiger partial charge on any atom is -0.504 e. The first-order valence-corrected chi connectivity index (χ1v) is 4.94. The number of benzene rings is 2. The van der Waals surface area contributed by atoms with Crippen LogP contribution >= 0.6 is 0 Å². The predicted octanol–water partition coefficient (Wildman–Crippen LogP) is 2.15. The van der Waals surface area contributed by atoms with Gasteiger partial charge in [0.1, 0.15) is 5.69 Å². The van der Waals surface area contributed by atoms with Gasteiger partial charge in [-0.15, -0.1) is 0 Å². The second kappa shape index (κ2) is 4.23. The third kappa shape index (κ3) is 1.95. The number of rotatable bonds is 2. The summed E-state index contributed by atoms with van der Waals surface area (Å²) in [5.74, 6) is -0.698. The van der Waals surface area contributed by atoms with Crippen LogP contribution in [0, 0.1) is 0 Å². The zero-order valence-electron chi connectivity index (χ0n) is 8.88. The standard InChI is InChI=1S/C12H12N2O3/c13-8-3-1-7(2-4-8)9-5-6-10(14-17)12(16)11(9)15/h1-6,14-17H,13H2. The predicted molar refractivity (Wildman–Crippen MR) is 65.0 cm³/mol. The lowest BCUT2D eigenvalue weighted by atomic mass is 10.0. The first-order valence-electron chi connectivity index (χ1n) is 4.94. The molecule has 0 aromatic heterocycles. The molecule has 0 aliphatic heterocycles. The summed E-state index contributed by atoms with van der Waals surface area (Å²) in [5.41, 5.74) is 9.20. The maximum absolute atomic E-state index is 9.80. The van der Waals surface area contributed by atoms with Crippen molar-refractivity contribution in [3.8, 4) is 22.6 Å². The van der Waals surface area contributed by atoms with Crippen LogP contribution in [0.1, 0.15) is 0 Å². The number of phenolic OH excluding ortho intramolecular Hbond substituents is 2. The molecule has 0 saturated carbocycles. The molecule has 2 rings (SSSR count). The zero-order valence-corrected chi connectivity index (χ0v) is 8.88. The number of nitrogens with one attached hydrogen (secondary N) is 1. The monoisotopic (exact) mass is 232 g/mol. The van der Waals surface area contributed by atoms with Crippen LogP contribution in [-0.2, 0) is 0 Å². The number of hydrogen-bond acceptors (Lipinski definition) is 5. The minimum absolute atomic E-state index is 0.0432. The molecule has 6 N–H and O–H groups in total. The molecule has 2 aromatic rings. The Bertz CT molecular complexity index is 538. The van der Waals surface area contributed by atoms with Crippen LogP contribution in [0.15, 0.2) is 36.4 Å². The van der Waals surface area contributed by atoms with E-state index < -0.39 is 5.75 Å². The van der Waals surface area contributed by atoms with Crippen molar-refractivity contribution in [2.45, 2.75) is 0 Å². The fourth-order valence-corrected chi connectivity index (χ4v) is 1.57. The molecule has 0 heterocycles. The molecule has 17 heavy (non-hydrogen) atoms. The molecule has 0 radical (unpaired) electrons. The molecular formula is C12H12N2O3. The van der Waals surface area contributed by atoms with Crippen molar-refractivity contribution in [1.29, 1.82) is 0 Å². The normalized spacial score (nSPS) is 10.2. The molecule has 0 bridgehead atoms. The van der Waals surface area contributed by atoms with E-state index in [2.05, 4.69) is 0 Å². The van der Waals surface area contributed by atoms with Crippen LogP contribution < -0.4 is 11.2 Å². The molecule has 2 aromatic carbocycles. The first-order chi connectivity index (χ1) is 8.13. The molecule has 5 heteroatoms. The van der Waals surface area contributed by atoms with E-state index in [1.54, 1.807) is 35.8 Å². The highest BCUT2D eigenvalue weighted by atomic mass is 16.5. The van der Waals surface area contributed by atoms with Crippen LogP contribution in [0.3, 0.4) is 0 Å². The Labute approximate surface area is 97.7 Å². The molecule has 0 spiro atoms. The second-order valence-corrected chi connectivity index (χ2v) is 3.59. The Kier molecular flexibility index (Phi) is 2.76. The van der Waals surface area contributed by atoms with Crippen molar-refractivity contribution in [2.75, 3.05) is 11.2 Å². The van der Waals surface area contributed by atoms with Gasteiger partial charge in [0, 0.05) is 11.3 Å². The third-order valence-electron chi connectivity index (χ3n) is 2.49. The van der Waals surface area contributed by atoms with E-state index in [4.69, 9.17) is 10.9 Å². The largest absolute Gasteiger partial charge is 0.504 e. The topological polar surface area (TPSA) is 98.7 Å². The van der Waals surface area contributed by atoms with Crippen LogP contribution in [-0.4, -0.2) is 15.4 Å². The quantitative estimate of drug-likeness (QED) is 0.310. The van der Waals surface area contributed by atoms with Gasteiger partial charge >= 0.3 is 0 Å². The van der Waals surface area contributed by atoms with Gasteiger partial charge in [-0.1, -0.05) is 12.1 Å². The lowest BCUT2D eigenvalue weighted by Crippen LogP contribution is -1.91. The summed E-state index contributed by atoms with van der Waals surface area (Å²) < 4.78 is 0. The van der Waals surface area contributed by atoms with E-state index in [9.17, 15) is 10.2 Å². The summed E-state index contributed by atoms with van der Waals surface area (Å²) in [6, 6.07) is 9.90.